The molecule has 3 N–H and O–H groups in total. The molecule has 0 radical (unpaired) electrons. The van der Waals surface area contributed by atoms with Crippen LogP contribution in [0.5, 0.6) is 0 Å². The summed E-state index contributed by atoms with van der Waals surface area (Å²) < 4.78 is 0. The van der Waals surface area contributed by atoms with Gasteiger partial charge in [-0.3, -0.25) is 4.90 Å². The summed E-state index contributed by atoms with van der Waals surface area (Å²) in [6.45, 7) is 6.35. The SMILES string of the molecule is CC1CN(CC(O)O)CC(C)N1. The van der Waals surface area contributed by atoms with E-state index in [1.807, 2.05) is 0 Å². The molecule has 72 valence electrons. The first kappa shape index (κ1) is 9.92. The van der Waals surface area contributed by atoms with Crippen LogP contribution in [-0.2, 0) is 0 Å². The third-order valence-corrected chi connectivity index (χ3v) is 2.05. The molecule has 0 spiro atoms. The van der Waals surface area contributed by atoms with Gasteiger partial charge in [0.1, 0.15) is 0 Å². The molecule has 1 heterocycles. The summed E-state index contributed by atoms with van der Waals surface area (Å²) in [5.41, 5.74) is 0. The van der Waals surface area contributed by atoms with E-state index in [1.165, 1.54) is 0 Å². The van der Waals surface area contributed by atoms with Crippen LogP contribution in [-0.4, -0.2) is 53.1 Å². The van der Waals surface area contributed by atoms with Crippen molar-refractivity contribution in [3.63, 3.8) is 0 Å². The summed E-state index contributed by atoms with van der Waals surface area (Å²) in [5.74, 6) is 0. The fourth-order valence-electron chi connectivity index (χ4n) is 1.82. The van der Waals surface area contributed by atoms with Gasteiger partial charge in [-0.1, -0.05) is 0 Å². The molecule has 1 aliphatic heterocycles. The summed E-state index contributed by atoms with van der Waals surface area (Å²) in [6.07, 6.45) is -1.21. The number of β-amino-alcohol motifs (C(OH)–C–C–N with tert-alkyl or cyclic N) is 2. The zero-order valence-corrected chi connectivity index (χ0v) is 7.70. The van der Waals surface area contributed by atoms with Crippen molar-refractivity contribution in [3.8, 4) is 0 Å². The molecule has 1 saturated heterocycles. The van der Waals surface area contributed by atoms with Gasteiger partial charge < -0.3 is 15.5 Å². The molecule has 0 saturated carbocycles. The highest BCUT2D eigenvalue weighted by atomic mass is 16.5. The van der Waals surface area contributed by atoms with Crippen molar-refractivity contribution in [1.82, 2.24) is 10.2 Å². The lowest BCUT2D eigenvalue weighted by Gasteiger charge is -2.36. The summed E-state index contributed by atoms with van der Waals surface area (Å²) >= 11 is 0. The van der Waals surface area contributed by atoms with Gasteiger partial charge in [-0.05, 0) is 13.8 Å². The molecule has 2 atom stereocenters. The minimum atomic E-state index is -1.21. The Labute approximate surface area is 73.2 Å². The number of rotatable bonds is 2. The summed E-state index contributed by atoms with van der Waals surface area (Å²) in [4.78, 5) is 2.07. The zero-order valence-electron chi connectivity index (χ0n) is 7.70. The smallest absolute Gasteiger partial charge is 0.164 e. The van der Waals surface area contributed by atoms with Crippen LogP contribution >= 0.6 is 0 Å². The van der Waals surface area contributed by atoms with E-state index >= 15 is 0 Å². The van der Waals surface area contributed by atoms with E-state index in [4.69, 9.17) is 10.2 Å². The number of nitrogens with zero attached hydrogens (tertiary/aromatic N) is 1. The maximum Gasteiger partial charge on any atom is 0.164 e. The first-order valence-electron chi connectivity index (χ1n) is 4.42. The van der Waals surface area contributed by atoms with Crippen molar-refractivity contribution in [2.45, 2.75) is 32.2 Å². The average Bonchev–Trinajstić information content (AvgIpc) is 1.81. The van der Waals surface area contributed by atoms with Crippen LogP contribution < -0.4 is 5.32 Å². The van der Waals surface area contributed by atoms with Crippen LogP contribution in [0.3, 0.4) is 0 Å². The standard InChI is InChI=1S/C8H18N2O2/c1-6-3-10(5-8(11)12)4-7(2)9-6/h6-9,11-12H,3-5H2,1-2H3. The highest BCUT2D eigenvalue weighted by Gasteiger charge is 2.21. The monoisotopic (exact) mass is 174 g/mol. The quantitative estimate of drug-likeness (QED) is 0.469. The topological polar surface area (TPSA) is 55.7 Å². The van der Waals surface area contributed by atoms with Crippen molar-refractivity contribution >= 4 is 0 Å². The summed E-state index contributed by atoms with van der Waals surface area (Å²) in [6, 6.07) is 0.875. The van der Waals surface area contributed by atoms with E-state index in [0.717, 1.165) is 13.1 Å². The Hall–Kier alpha value is -0.160. The van der Waals surface area contributed by atoms with Gasteiger partial charge in [-0.25, -0.2) is 0 Å². The Morgan fingerprint density at radius 3 is 2.25 bits per heavy atom. The minimum Gasteiger partial charge on any atom is -0.367 e. The predicted molar refractivity (Wildman–Crippen MR) is 46.7 cm³/mol. The van der Waals surface area contributed by atoms with Gasteiger partial charge in [0.05, 0.1) is 0 Å². The third-order valence-electron chi connectivity index (χ3n) is 2.05. The van der Waals surface area contributed by atoms with E-state index in [0.29, 0.717) is 18.6 Å². The number of hydrogen-bond donors (Lipinski definition) is 3. The molecule has 0 aliphatic carbocycles. The Balaban J connectivity index is 2.34. The molecule has 4 nitrogen and oxygen atoms in total. The lowest BCUT2D eigenvalue weighted by atomic mass is 10.1. The maximum absolute atomic E-state index is 8.77. The number of hydrogen-bond acceptors (Lipinski definition) is 4. The first-order chi connectivity index (χ1) is 5.58. The molecule has 1 aliphatic rings. The second-order valence-electron chi connectivity index (χ2n) is 3.67. The highest BCUT2D eigenvalue weighted by molar-refractivity contribution is 4.80. The van der Waals surface area contributed by atoms with Crippen molar-refractivity contribution < 1.29 is 10.2 Å². The molecule has 0 amide bonds. The van der Waals surface area contributed by atoms with Crippen molar-refractivity contribution in [2.75, 3.05) is 19.6 Å². The van der Waals surface area contributed by atoms with Crippen molar-refractivity contribution in [1.29, 1.82) is 0 Å². The zero-order chi connectivity index (χ0) is 9.14. The van der Waals surface area contributed by atoms with Gasteiger partial charge in [-0.15, -0.1) is 0 Å². The third kappa shape index (κ3) is 3.06. The Morgan fingerprint density at radius 1 is 1.33 bits per heavy atom. The van der Waals surface area contributed by atoms with E-state index in [1.54, 1.807) is 0 Å². The number of nitrogens with one attached hydrogen (secondary N) is 1. The Bertz CT molecular complexity index is 128. The lowest BCUT2D eigenvalue weighted by molar-refractivity contribution is -0.0663. The first-order valence-corrected chi connectivity index (χ1v) is 4.42. The average molecular weight is 174 g/mol. The summed E-state index contributed by atoms with van der Waals surface area (Å²) in [7, 11) is 0. The largest absolute Gasteiger partial charge is 0.367 e. The minimum absolute atomic E-state index is 0.358. The van der Waals surface area contributed by atoms with Gasteiger partial charge >= 0.3 is 0 Å². The van der Waals surface area contributed by atoms with Gasteiger partial charge in [0.25, 0.3) is 0 Å². The van der Waals surface area contributed by atoms with Crippen LogP contribution in [0.1, 0.15) is 13.8 Å². The molecule has 4 heteroatoms. The van der Waals surface area contributed by atoms with Gasteiger partial charge in [-0.2, -0.15) is 0 Å². The number of aliphatic hydroxyl groups excluding tert-OH is 1. The molecule has 0 aromatic rings. The van der Waals surface area contributed by atoms with Crippen LogP contribution in [0.2, 0.25) is 0 Å². The van der Waals surface area contributed by atoms with Crippen molar-refractivity contribution in [3.05, 3.63) is 0 Å². The van der Waals surface area contributed by atoms with Crippen molar-refractivity contribution in [2.24, 2.45) is 0 Å². The van der Waals surface area contributed by atoms with E-state index in [-0.39, 0.29) is 0 Å². The van der Waals surface area contributed by atoms with E-state index < -0.39 is 6.29 Å². The Kier molecular flexibility index (Phi) is 3.46. The number of piperazine rings is 1. The maximum atomic E-state index is 8.77. The second-order valence-corrected chi connectivity index (χ2v) is 3.67. The second kappa shape index (κ2) is 4.18. The predicted octanol–water partition coefficient (Wildman–Crippen LogP) is -1.02. The molecule has 1 fully saturated rings. The van der Waals surface area contributed by atoms with Crippen LogP contribution in [0.25, 0.3) is 0 Å². The molecule has 0 aromatic carbocycles. The normalized spacial score (nSPS) is 32.8. The molecular formula is C8H18N2O2. The molecule has 12 heavy (non-hydrogen) atoms. The van der Waals surface area contributed by atoms with Crippen LogP contribution in [0.4, 0.5) is 0 Å². The molecule has 2 unspecified atom stereocenters. The van der Waals surface area contributed by atoms with Gasteiger partial charge in [0, 0.05) is 31.7 Å². The lowest BCUT2D eigenvalue weighted by Crippen LogP contribution is -2.55. The molecule has 0 bridgehead atoms. The molecule has 0 aromatic heterocycles. The van der Waals surface area contributed by atoms with E-state index in [9.17, 15) is 0 Å². The van der Waals surface area contributed by atoms with Gasteiger partial charge in [0.15, 0.2) is 6.29 Å². The van der Waals surface area contributed by atoms with Gasteiger partial charge in [0.2, 0.25) is 0 Å². The fourth-order valence-corrected chi connectivity index (χ4v) is 1.82. The van der Waals surface area contributed by atoms with Crippen LogP contribution in [0, 0.1) is 0 Å². The summed E-state index contributed by atoms with van der Waals surface area (Å²) in [5, 5.41) is 20.9. The van der Waals surface area contributed by atoms with E-state index in [2.05, 4.69) is 24.1 Å². The number of aliphatic hydroxyl groups is 2. The fraction of sp³-hybridized carbons (Fsp3) is 1.00. The molecule has 1 rings (SSSR count). The highest BCUT2D eigenvalue weighted by Crippen LogP contribution is 2.03. The molecular weight excluding hydrogens is 156 g/mol. The Morgan fingerprint density at radius 2 is 1.83 bits per heavy atom. The van der Waals surface area contributed by atoms with Crippen LogP contribution in [0.15, 0.2) is 0 Å².